The van der Waals surface area contributed by atoms with Crippen molar-refractivity contribution in [1.29, 1.82) is 0 Å². The van der Waals surface area contributed by atoms with E-state index in [9.17, 15) is 4.79 Å². The van der Waals surface area contributed by atoms with Gasteiger partial charge in [-0.25, -0.2) is 9.79 Å². The van der Waals surface area contributed by atoms with Crippen molar-refractivity contribution < 1.29 is 19.0 Å². The van der Waals surface area contributed by atoms with Crippen molar-refractivity contribution in [2.24, 2.45) is 4.99 Å². The minimum absolute atomic E-state index is 0.271. The Bertz CT molecular complexity index is 809. The van der Waals surface area contributed by atoms with Gasteiger partial charge in [-0.2, -0.15) is 0 Å². The molecule has 5 heteroatoms. The summed E-state index contributed by atoms with van der Waals surface area (Å²) in [6, 6.07) is 15.3. The largest absolute Gasteiger partial charge is 0.493 e. The number of hydrogen-bond acceptors (Lipinski definition) is 5. The van der Waals surface area contributed by atoms with Gasteiger partial charge in [0.15, 0.2) is 23.1 Å². The van der Waals surface area contributed by atoms with Crippen LogP contribution >= 0.6 is 0 Å². The summed E-state index contributed by atoms with van der Waals surface area (Å²) >= 11 is 0. The summed E-state index contributed by atoms with van der Waals surface area (Å²) in [4.78, 5) is 15.7. The van der Waals surface area contributed by atoms with Gasteiger partial charge in [0.25, 0.3) is 0 Å². The summed E-state index contributed by atoms with van der Waals surface area (Å²) in [6.45, 7) is 2.09. The molecule has 0 saturated heterocycles. The highest BCUT2D eigenvalue weighted by atomic mass is 16.6. The SMILES string of the molecule is COc1cc(C=C2N=C(C)OC2=O)ccc1OCc1ccccc1. The molecular weight excluding hydrogens is 306 g/mol. The lowest BCUT2D eigenvalue weighted by Crippen LogP contribution is -2.00. The molecule has 5 nitrogen and oxygen atoms in total. The standard InChI is InChI=1S/C19H17NO4/c1-13-20-16(19(21)24-13)10-15-8-9-17(18(11-15)22-2)23-12-14-6-4-3-5-7-14/h3-11H,12H2,1-2H3. The van der Waals surface area contributed by atoms with E-state index in [1.807, 2.05) is 42.5 Å². The molecule has 24 heavy (non-hydrogen) atoms. The molecule has 0 unspecified atom stereocenters. The number of aliphatic imine (C=N–C) groups is 1. The smallest absolute Gasteiger partial charge is 0.363 e. The molecule has 0 amide bonds. The zero-order chi connectivity index (χ0) is 16.9. The molecule has 0 radical (unpaired) electrons. The summed E-state index contributed by atoms with van der Waals surface area (Å²) in [6.07, 6.45) is 1.66. The lowest BCUT2D eigenvalue weighted by molar-refractivity contribution is -0.130. The number of esters is 1. The first-order valence-electron chi connectivity index (χ1n) is 7.49. The average molecular weight is 323 g/mol. The van der Waals surface area contributed by atoms with Crippen molar-refractivity contribution >= 4 is 17.9 Å². The van der Waals surface area contributed by atoms with Crippen LogP contribution in [0.25, 0.3) is 6.08 Å². The molecule has 0 aliphatic carbocycles. The van der Waals surface area contributed by atoms with E-state index in [2.05, 4.69) is 4.99 Å². The molecule has 122 valence electrons. The molecule has 0 atom stereocenters. The van der Waals surface area contributed by atoms with Crippen LogP contribution in [0.1, 0.15) is 18.1 Å². The van der Waals surface area contributed by atoms with Gasteiger partial charge in [-0.05, 0) is 29.3 Å². The maximum Gasteiger partial charge on any atom is 0.363 e. The Kier molecular flexibility index (Phi) is 4.61. The number of benzene rings is 2. The molecule has 1 aliphatic heterocycles. The van der Waals surface area contributed by atoms with Gasteiger partial charge in [0, 0.05) is 6.92 Å². The fourth-order valence-corrected chi connectivity index (χ4v) is 2.30. The van der Waals surface area contributed by atoms with Gasteiger partial charge in [-0.3, -0.25) is 0 Å². The second kappa shape index (κ2) is 7.00. The average Bonchev–Trinajstić information content (AvgIpc) is 2.91. The fraction of sp³-hybridized carbons (Fsp3) is 0.158. The molecule has 0 N–H and O–H groups in total. The van der Waals surface area contributed by atoms with Crippen LogP contribution in [0.2, 0.25) is 0 Å². The maximum absolute atomic E-state index is 11.6. The molecule has 0 bridgehead atoms. The highest BCUT2D eigenvalue weighted by Gasteiger charge is 2.19. The van der Waals surface area contributed by atoms with Gasteiger partial charge in [0.2, 0.25) is 0 Å². The lowest BCUT2D eigenvalue weighted by Gasteiger charge is -2.11. The van der Waals surface area contributed by atoms with Crippen LogP contribution in [0.15, 0.2) is 59.2 Å². The van der Waals surface area contributed by atoms with Gasteiger partial charge in [-0.15, -0.1) is 0 Å². The van der Waals surface area contributed by atoms with Crippen molar-refractivity contribution in [2.45, 2.75) is 13.5 Å². The van der Waals surface area contributed by atoms with Crippen molar-refractivity contribution in [3.63, 3.8) is 0 Å². The molecule has 2 aromatic carbocycles. The highest BCUT2D eigenvalue weighted by Crippen LogP contribution is 2.30. The third-order valence-electron chi connectivity index (χ3n) is 3.46. The summed E-state index contributed by atoms with van der Waals surface area (Å²) in [5, 5.41) is 0. The maximum atomic E-state index is 11.6. The first-order valence-corrected chi connectivity index (χ1v) is 7.49. The molecule has 0 fully saturated rings. The fourth-order valence-electron chi connectivity index (χ4n) is 2.30. The van der Waals surface area contributed by atoms with Crippen molar-refractivity contribution in [3.05, 3.63) is 65.4 Å². The lowest BCUT2D eigenvalue weighted by atomic mass is 10.1. The third-order valence-corrected chi connectivity index (χ3v) is 3.46. The molecular formula is C19H17NO4. The number of ether oxygens (including phenoxy) is 3. The zero-order valence-electron chi connectivity index (χ0n) is 13.5. The van der Waals surface area contributed by atoms with Gasteiger partial charge >= 0.3 is 5.97 Å². The van der Waals surface area contributed by atoms with E-state index in [-0.39, 0.29) is 5.70 Å². The van der Waals surface area contributed by atoms with E-state index in [0.29, 0.717) is 24.0 Å². The number of nitrogens with zero attached hydrogens (tertiary/aromatic N) is 1. The Morgan fingerprint density at radius 2 is 1.92 bits per heavy atom. The third kappa shape index (κ3) is 3.63. The van der Waals surface area contributed by atoms with Crippen molar-refractivity contribution in [1.82, 2.24) is 0 Å². The molecule has 3 rings (SSSR count). The summed E-state index contributed by atoms with van der Waals surface area (Å²) in [5.41, 5.74) is 2.13. The number of methoxy groups -OCH3 is 1. The quantitative estimate of drug-likeness (QED) is 0.623. The molecule has 2 aromatic rings. The Balaban J connectivity index is 1.78. The van der Waals surface area contributed by atoms with Crippen molar-refractivity contribution in [2.75, 3.05) is 7.11 Å². The normalized spacial score (nSPS) is 15.2. The van der Waals surface area contributed by atoms with Gasteiger partial charge in [0.1, 0.15) is 6.61 Å². The van der Waals surface area contributed by atoms with E-state index in [0.717, 1.165) is 11.1 Å². The number of cyclic esters (lactones) is 1. The van der Waals surface area contributed by atoms with Crippen LogP contribution in [0.3, 0.4) is 0 Å². The molecule has 1 aliphatic rings. The van der Waals surface area contributed by atoms with Crippen LogP contribution in [-0.4, -0.2) is 19.0 Å². The minimum atomic E-state index is -0.448. The first-order chi connectivity index (χ1) is 11.7. The van der Waals surface area contributed by atoms with E-state index in [1.54, 1.807) is 26.2 Å². The topological polar surface area (TPSA) is 57.1 Å². The zero-order valence-corrected chi connectivity index (χ0v) is 13.5. The van der Waals surface area contributed by atoms with E-state index >= 15 is 0 Å². The predicted molar refractivity (Wildman–Crippen MR) is 90.9 cm³/mol. The Morgan fingerprint density at radius 1 is 1.12 bits per heavy atom. The summed E-state index contributed by atoms with van der Waals surface area (Å²) < 4.78 is 16.1. The van der Waals surface area contributed by atoms with Gasteiger partial charge < -0.3 is 14.2 Å². The van der Waals surface area contributed by atoms with Crippen LogP contribution in [-0.2, 0) is 16.1 Å². The Morgan fingerprint density at radius 3 is 2.58 bits per heavy atom. The van der Waals surface area contributed by atoms with E-state index in [4.69, 9.17) is 14.2 Å². The summed E-state index contributed by atoms with van der Waals surface area (Å²) in [5.74, 6) is 1.13. The highest BCUT2D eigenvalue weighted by molar-refractivity contribution is 6.06. The van der Waals surface area contributed by atoms with Gasteiger partial charge in [0.05, 0.1) is 7.11 Å². The monoisotopic (exact) mass is 323 g/mol. The van der Waals surface area contributed by atoms with E-state index in [1.165, 1.54) is 0 Å². The number of carbonyl (C=O) groups excluding carboxylic acids is 1. The van der Waals surface area contributed by atoms with E-state index < -0.39 is 5.97 Å². The number of rotatable bonds is 5. The van der Waals surface area contributed by atoms with Crippen molar-refractivity contribution in [3.8, 4) is 11.5 Å². The second-order valence-electron chi connectivity index (χ2n) is 5.23. The summed E-state index contributed by atoms with van der Waals surface area (Å²) in [7, 11) is 1.58. The number of carbonyl (C=O) groups is 1. The Hall–Kier alpha value is -3.08. The van der Waals surface area contributed by atoms with Crippen LogP contribution in [0.4, 0.5) is 0 Å². The number of hydrogen-bond donors (Lipinski definition) is 0. The first kappa shape index (κ1) is 15.8. The molecule has 0 saturated carbocycles. The minimum Gasteiger partial charge on any atom is -0.493 e. The second-order valence-corrected chi connectivity index (χ2v) is 5.23. The molecule has 0 spiro atoms. The molecule has 0 aromatic heterocycles. The Labute approximate surface area is 140 Å². The molecule has 1 heterocycles. The van der Waals surface area contributed by atoms with Crippen LogP contribution < -0.4 is 9.47 Å². The van der Waals surface area contributed by atoms with Crippen LogP contribution in [0.5, 0.6) is 11.5 Å². The van der Waals surface area contributed by atoms with Gasteiger partial charge in [-0.1, -0.05) is 36.4 Å². The van der Waals surface area contributed by atoms with Crippen LogP contribution in [0, 0.1) is 0 Å². The predicted octanol–water partition coefficient (Wildman–Crippen LogP) is 3.59.